The third-order valence-corrected chi connectivity index (χ3v) is 3.24. The van der Waals surface area contributed by atoms with E-state index in [0.29, 0.717) is 6.54 Å². The van der Waals surface area contributed by atoms with Crippen LogP contribution in [0.4, 0.5) is 0 Å². The van der Waals surface area contributed by atoms with Crippen LogP contribution in [0.15, 0.2) is 16.5 Å². The molecule has 1 aromatic heterocycles. The number of nitrogens with zero attached hydrogens (tertiary/aromatic N) is 1. The third kappa shape index (κ3) is 2.91. The lowest BCUT2D eigenvalue weighted by atomic mass is 10.1. The minimum atomic E-state index is -0.0820. The molecule has 1 saturated heterocycles. The third-order valence-electron chi connectivity index (χ3n) is 3.24. The van der Waals surface area contributed by atoms with Gasteiger partial charge in [-0.1, -0.05) is 0 Å². The topological polar surface area (TPSA) is 71.5 Å². The first kappa shape index (κ1) is 13.1. The molecule has 2 atom stereocenters. The van der Waals surface area contributed by atoms with Crippen molar-refractivity contribution < 1.29 is 9.21 Å². The van der Waals surface area contributed by atoms with Crippen LogP contribution in [-0.4, -0.2) is 36.5 Å². The van der Waals surface area contributed by atoms with Crippen molar-refractivity contribution in [3.8, 4) is 0 Å². The van der Waals surface area contributed by atoms with Crippen molar-refractivity contribution in [2.45, 2.75) is 32.4 Å². The number of amides is 1. The Labute approximate surface area is 107 Å². The fourth-order valence-electron chi connectivity index (χ4n) is 2.45. The predicted molar refractivity (Wildman–Crippen MR) is 69.0 cm³/mol. The molecular formula is C13H21N3O2. The molecule has 3 N–H and O–H groups in total. The van der Waals surface area contributed by atoms with Crippen LogP contribution in [-0.2, 0) is 4.79 Å². The van der Waals surface area contributed by atoms with Gasteiger partial charge in [-0.25, -0.2) is 0 Å². The molecule has 2 heterocycles. The van der Waals surface area contributed by atoms with Crippen LogP contribution in [0.3, 0.4) is 0 Å². The summed E-state index contributed by atoms with van der Waals surface area (Å²) in [6.07, 6.45) is 0.939. The van der Waals surface area contributed by atoms with Crippen molar-refractivity contribution in [1.29, 1.82) is 0 Å². The van der Waals surface area contributed by atoms with Gasteiger partial charge in [-0.05, 0) is 32.4 Å². The molecular weight excluding hydrogens is 230 g/mol. The second-order valence-corrected chi connectivity index (χ2v) is 4.93. The number of carbonyl (C=O) groups is 1. The SMILES string of the molecule is Cc1ccc(C(C(C)N)N2CCCNC(=O)C2)o1. The van der Waals surface area contributed by atoms with Crippen LogP contribution in [0.5, 0.6) is 0 Å². The molecule has 1 aromatic rings. The monoisotopic (exact) mass is 251 g/mol. The fourth-order valence-corrected chi connectivity index (χ4v) is 2.45. The largest absolute Gasteiger partial charge is 0.465 e. The Balaban J connectivity index is 2.21. The van der Waals surface area contributed by atoms with E-state index in [0.717, 1.165) is 31.0 Å². The highest BCUT2D eigenvalue weighted by Crippen LogP contribution is 2.25. The highest BCUT2D eigenvalue weighted by Gasteiger charge is 2.29. The van der Waals surface area contributed by atoms with Crippen molar-refractivity contribution in [3.05, 3.63) is 23.7 Å². The van der Waals surface area contributed by atoms with Gasteiger partial charge in [0, 0.05) is 19.1 Å². The van der Waals surface area contributed by atoms with Gasteiger partial charge in [0.1, 0.15) is 11.5 Å². The Morgan fingerprint density at radius 2 is 2.28 bits per heavy atom. The van der Waals surface area contributed by atoms with Crippen molar-refractivity contribution >= 4 is 5.91 Å². The molecule has 0 spiro atoms. The maximum Gasteiger partial charge on any atom is 0.234 e. The van der Waals surface area contributed by atoms with Gasteiger partial charge in [-0.2, -0.15) is 0 Å². The van der Waals surface area contributed by atoms with Crippen LogP contribution in [0.1, 0.15) is 30.9 Å². The Kier molecular flexibility index (Phi) is 4.04. The molecule has 0 bridgehead atoms. The predicted octanol–water partition coefficient (Wildman–Crippen LogP) is 0.798. The Morgan fingerprint density at radius 1 is 1.50 bits per heavy atom. The van der Waals surface area contributed by atoms with Gasteiger partial charge in [-0.3, -0.25) is 9.69 Å². The zero-order chi connectivity index (χ0) is 13.1. The number of aryl methyl sites for hydroxylation is 1. The van der Waals surface area contributed by atoms with Crippen molar-refractivity contribution in [2.24, 2.45) is 5.73 Å². The van der Waals surface area contributed by atoms with Gasteiger partial charge in [0.15, 0.2) is 0 Å². The number of nitrogens with two attached hydrogens (primary N) is 1. The molecule has 0 aromatic carbocycles. The van der Waals surface area contributed by atoms with Crippen molar-refractivity contribution in [2.75, 3.05) is 19.6 Å². The van der Waals surface area contributed by atoms with E-state index in [1.807, 2.05) is 26.0 Å². The quantitative estimate of drug-likeness (QED) is 0.833. The van der Waals surface area contributed by atoms with Gasteiger partial charge in [0.2, 0.25) is 5.91 Å². The van der Waals surface area contributed by atoms with Crippen molar-refractivity contribution in [1.82, 2.24) is 10.2 Å². The molecule has 1 aliphatic heterocycles. The van der Waals surface area contributed by atoms with E-state index in [1.165, 1.54) is 0 Å². The van der Waals surface area contributed by atoms with Crippen LogP contribution in [0.25, 0.3) is 0 Å². The molecule has 2 rings (SSSR count). The molecule has 5 nitrogen and oxygen atoms in total. The van der Waals surface area contributed by atoms with Gasteiger partial charge in [0.05, 0.1) is 12.6 Å². The standard InChI is InChI=1S/C13H21N3O2/c1-9-4-5-11(18-9)13(10(2)14)16-7-3-6-15-12(17)8-16/h4-5,10,13H,3,6-8,14H2,1-2H3,(H,15,17). The molecule has 0 saturated carbocycles. The molecule has 0 aliphatic carbocycles. The number of hydrogen-bond donors (Lipinski definition) is 2. The summed E-state index contributed by atoms with van der Waals surface area (Å²) in [4.78, 5) is 13.7. The summed E-state index contributed by atoms with van der Waals surface area (Å²) in [6.45, 7) is 5.83. The van der Waals surface area contributed by atoms with E-state index in [1.54, 1.807) is 0 Å². The highest BCUT2D eigenvalue weighted by molar-refractivity contribution is 5.78. The molecule has 1 fully saturated rings. The Morgan fingerprint density at radius 3 is 2.89 bits per heavy atom. The van der Waals surface area contributed by atoms with E-state index >= 15 is 0 Å². The summed E-state index contributed by atoms with van der Waals surface area (Å²) in [5.74, 6) is 1.77. The number of nitrogens with one attached hydrogen (secondary N) is 1. The second kappa shape index (κ2) is 5.54. The summed E-state index contributed by atoms with van der Waals surface area (Å²) in [7, 11) is 0. The van der Waals surface area contributed by atoms with Gasteiger partial charge in [0.25, 0.3) is 0 Å². The summed E-state index contributed by atoms with van der Waals surface area (Å²) in [6, 6.07) is 3.76. The smallest absolute Gasteiger partial charge is 0.234 e. The number of carbonyl (C=O) groups excluding carboxylic acids is 1. The first-order chi connectivity index (χ1) is 8.58. The minimum Gasteiger partial charge on any atom is -0.465 e. The highest BCUT2D eigenvalue weighted by atomic mass is 16.3. The lowest BCUT2D eigenvalue weighted by Crippen LogP contribution is -2.42. The van der Waals surface area contributed by atoms with Crippen LogP contribution >= 0.6 is 0 Å². The lowest BCUT2D eigenvalue weighted by Gasteiger charge is -2.30. The summed E-state index contributed by atoms with van der Waals surface area (Å²) in [5, 5.41) is 2.87. The second-order valence-electron chi connectivity index (χ2n) is 4.93. The number of hydrogen-bond acceptors (Lipinski definition) is 4. The van der Waals surface area contributed by atoms with Gasteiger partial charge in [-0.15, -0.1) is 0 Å². The molecule has 1 amide bonds. The van der Waals surface area contributed by atoms with Crippen LogP contribution in [0, 0.1) is 6.92 Å². The van der Waals surface area contributed by atoms with Crippen LogP contribution < -0.4 is 11.1 Å². The maximum absolute atomic E-state index is 11.6. The van der Waals surface area contributed by atoms with Crippen LogP contribution in [0.2, 0.25) is 0 Å². The number of furan rings is 1. The van der Waals surface area contributed by atoms with E-state index in [4.69, 9.17) is 10.2 Å². The van der Waals surface area contributed by atoms with Gasteiger partial charge < -0.3 is 15.5 Å². The molecule has 1 aliphatic rings. The Bertz CT molecular complexity index is 414. The molecule has 18 heavy (non-hydrogen) atoms. The van der Waals surface area contributed by atoms with E-state index in [-0.39, 0.29) is 18.0 Å². The summed E-state index contributed by atoms with van der Waals surface area (Å²) < 4.78 is 5.68. The normalized spacial score (nSPS) is 21.2. The summed E-state index contributed by atoms with van der Waals surface area (Å²) in [5.41, 5.74) is 6.07. The first-order valence-corrected chi connectivity index (χ1v) is 6.40. The first-order valence-electron chi connectivity index (χ1n) is 6.40. The van der Waals surface area contributed by atoms with E-state index < -0.39 is 0 Å². The maximum atomic E-state index is 11.6. The van der Waals surface area contributed by atoms with E-state index in [9.17, 15) is 4.79 Å². The van der Waals surface area contributed by atoms with Crippen molar-refractivity contribution in [3.63, 3.8) is 0 Å². The molecule has 2 unspecified atom stereocenters. The molecule has 5 heteroatoms. The van der Waals surface area contributed by atoms with E-state index in [2.05, 4.69) is 10.2 Å². The zero-order valence-corrected chi connectivity index (χ0v) is 11.0. The average Bonchev–Trinajstić information content (AvgIpc) is 2.58. The van der Waals surface area contributed by atoms with Gasteiger partial charge >= 0.3 is 0 Å². The minimum absolute atomic E-state index is 0.0393. The lowest BCUT2D eigenvalue weighted by molar-refractivity contribution is -0.122. The number of rotatable bonds is 3. The fraction of sp³-hybridized carbons (Fsp3) is 0.615. The summed E-state index contributed by atoms with van der Waals surface area (Å²) >= 11 is 0. The molecule has 0 radical (unpaired) electrons. The zero-order valence-electron chi connectivity index (χ0n) is 11.0. The average molecular weight is 251 g/mol. The Hall–Kier alpha value is -1.33. The molecule has 100 valence electrons.